The second-order valence-electron chi connectivity index (χ2n) is 5.04. The van der Waals surface area contributed by atoms with Crippen molar-refractivity contribution in [3.8, 4) is 10.6 Å². The highest BCUT2D eigenvalue weighted by molar-refractivity contribution is 7.15. The Balaban J connectivity index is 1.94. The van der Waals surface area contributed by atoms with Gasteiger partial charge in [0.1, 0.15) is 0 Å². The van der Waals surface area contributed by atoms with Crippen molar-refractivity contribution in [1.29, 1.82) is 0 Å². The number of aromatic carboxylic acids is 1. The topological polar surface area (TPSA) is 88.0 Å². The van der Waals surface area contributed by atoms with Crippen LogP contribution in [0.2, 0.25) is 5.02 Å². The van der Waals surface area contributed by atoms with Crippen LogP contribution in [-0.4, -0.2) is 26.0 Å². The molecule has 2 aromatic heterocycles. The van der Waals surface area contributed by atoms with Crippen LogP contribution in [0.4, 0.5) is 11.6 Å². The molecule has 0 fully saturated rings. The Morgan fingerprint density at radius 2 is 2.04 bits per heavy atom. The van der Waals surface area contributed by atoms with E-state index in [0.29, 0.717) is 16.7 Å². The third-order valence-electron chi connectivity index (χ3n) is 3.25. The maximum atomic E-state index is 11.1. The van der Waals surface area contributed by atoms with Crippen molar-refractivity contribution in [3.63, 3.8) is 0 Å². The number of carboxylic acid groups (broad SMARTS) is 1. The molecule has 0 atom stereocenters. The van der Waals surface area contributed by atoms with Gasteiger partial charge in [-0.1, -0.05) is 11.6 Å². The lowest BCUT2D eigenvalue weighted by atomic mass is 10.2. The van der Waals surface area contributed by atoms with Crippen LogP contribution in [0.1, 0.15) is 21.1 Å². The zero-order valence-corrected chi connectivity index (χ0v) is 14.4. The molecule has 0 aliphatic carbocycles. The van der Waals surface area contributed by atoms with Gasteiger partial charge in [0, 0.05) is 6.20 Å². The number of thiazole rings is 1. The summed E-state index contributed by atoms with van der Waals surface area (Å²) >= 11 is 7.68. The minimum Gasteiger partial charge on any atom is -0.478 e. The van der Waals surface area contributed by atoms with Crippen LogP contribution in [0.3, 0.4) is 0 Å². The minimum atomic E-state index is -1.03. The molecule has 0 spiro atoms. The van der Waals surface area contributed by atoms with E-state index >= 15 is 0 Å². The number of hydrogen-bond donors (Lipinski definition) is 2. The average Bonchev–Trinajstić information content (AvgIpc) is 2.88. The second-order valence-corrected chi connectivity index (χ2v) is 6.65. The largest absolute Gasteiger partial charge is 0.478 e. The van der Waals surface area contributed by atoms with E-state index in [2.05, 4.69) is 20.3 Å². The van der Waals surface area contributed by atoms with Crippen LogP contribution in [0, 0.1) is 13.8 Å². The molecule has 0 aliphatic rings. The first kappa shape index (κ1) is 16.4. The van der Waals surface area contributed by atoms with Gasteiger partial charge in [-0.05, 0) is 38.1 Å². The molecule has 122 valence electrons. The number of hydrogen-bond acceptors (Lipinski definition) is 6. The number of nitrogens with zero attached hydrogens (tertiary/aromatic N) is 3. The number of anilines is 2. The fourth-order valence-corrected chi connectivity index (χ4v) is 3.24. The summed E-state index contributed by atoms with van der Waals surface area (Å²) < 4.78 is 0. The van der Waals surface area contributed by atoms with Gasteiger partial charge < -0.3 is 10.4 Å². The van der Waals surface area contributed by atoms with Gasteiger partial charge in [0.05, 0.1) is 37.5 Å². The highest BCUT2D eigenvalue weighted by Crippen LogP contribution is 2.30. The molecule has 3 rings (SSSR count). The smallest absolute Gasteiger partial charge is 0.335 e. The zero-order valence-electron chi connectivity index (χ0n) is 12.9. The first-order chi connectivity index (χ1) is 11.4. The van der Waals surface area contributed by atoms with Gasteiger partial charge in [-0.25, -0.2) is 19.7 Å². The van der Waals surface area contributed by atoms with E-state index in [0.717, 1.165) is 21.3 Å². The molecule has 0 amide bonds. The molecular weight excluding hydrogens is 348 g/mol. The van der Waals surface area contributed by atoms with Crippen molar-refractivity contribution in [1.82, 2.24) is 15.0 Å². The molecule has 24 heavy (non-hydrogen) atoms. The van der Waals surface area contributed by atoms with E-state index in [9.17, 15) is 4.79 Å². The maximum Gasteiger partial charge on any atom is 0.335 e. The standard InChI is InChI=1S/C16H13ClN4O2S/c1-8-14(24-9(2)19-8)12-5-6-18-16(20-12)21-13-7-10(15(22)23)3-4-11(13)17/h3-7H,1-2H3,(H,22,23)(H,18,20,21). The fraction of sp³-hybridized carbons (Fsp3) is 0.125. The van der Waals surface area contributed by atoms with Gasteiger partial charge in [-0.3, -0.25) is 0 Å². The molecule has 0 aliphatic heterocycles. The van der Waals surface area contributed by atoms with Crippen molar-refractivity contribution < 1.29 is 9.90 Å². The summed E-state index contributed by atoms with van der Waals surface area (Å²) in [5.41, 5.74) is 2.23. The summed E-state index contributed by atoms with van der Waals surface area (Å²) in [6.07, 6.45) is 1.63. The van der Waals surface area contributed by atoms with Gasteiger partial charge in [-0.2, -0.15) is 0 Å². The van der Waals surface area contributed by atoms with Crippen molar-refractivity contribution in [3.05, 3.63) is 51.7 Å². The maximum absolute atomic E-state index is 11.1. The molecule has 8 heteroatoms. The van der Waals surface area contributed by atoms with Crippen molar-refractivity contribution >= 4 is 40.5 Å². The molecular formula is C16H13ClN4O2S. The normalized spacial score (nSPS) is 10.6. The van der Waals surface area contributed by atoms with Gasteiger partial charge in [0.25, 0.3) is 0 Å². The Bertz CT molecular complexity index is 926. The number of nitrogens with one attached hydrogen (secondary N) is 1. The van der Waals surface area contributed by atoms with Crippen LogP contribution >= 0.6 is 22.9 Å². The molecule has 0 saturated heterocycles. The third-order valence-corrected chi connectivity index (χ3v) is 4.68. The molecule has 0 bridgehead atoms. The summed E-state index contributed by atoms with van der Waals surface area (Å²) in [5.74, 6) is -0.692. The third kappa shape index (κ3) is 3.37. The van der Waals surface area contributed by atoms with Gasteiger partial charge in [0.2, 0.25) is 5.95 Å². The summed E-state index contributed by atoms with van der Waals surface area (Å²) in [5, 5.41) is 13.4. The van der Waals surface area contributed by atoms with E-state index in [1.54, 1.807) is 23.6 Å². The van der Waals surface area contributed by atoms with E-state index in [1.165, 1.54) is 18.2 Å². The molecule has 1 aromatic carbocycles. The lowest BCUT2D eigenvalue weighted by Crippen LogP contribution is -2.01. The van der Waals surface area contributed by atoms with Crippen molar-refractivity contribution in [2.24, 2.45) is 0 Å². The summed E-state index contributed by atoms with van der Waals surface area (Å²) in [6.45, 7) is 3.87. The number of rotatable bonds is 4. The quantitative estimate of drug-likeness (QED) is 0.720. The number of halogens is 1. The molecule has 2 heterocycles. The zero-order chi connectivity index (χ0) is 17.3. The highest BCUT2D eigenvalue weighted by Gasteiger charge is 2.12. The number of carboxylic acids is 1. The SMILES string of the molecule is Cc1nc(C)c(-c2ccnc(Nc3cc(C(=O)O)ccc3Cl)n2)s1. The number of aromatic nitrogens is 3. The van der Waals surface area contributed by atoms with E-state index in [4.69, 9.17) is 16.7 Å². The number of carbonyl (C=O) groups is 1. The molecule has 3 aromatic rings. The van der Waals surface area contributed by atoms with Gasteiger partial charge in [-0.15, -0.1) is 11.3 Å². The molecule has 2 N–H and O–H groups in total. The van der Waals surface area contributed by atoms with Gasteiger partial charge in [0.15, 0.2) is 0 Å². The predicted octanol–water partition coefficient (Wildman–Crippen LogP) is 4.31. The lowest BCUT2D eigenvalue weighted by Gasteiger charge is -2.08. The molecule has 0 unspecified atom stereocenters. The van der Waals surface area contributed by atoms with Crippen molar-refractivity contribution in [2.45, 2.75) is 13.8 Å². The summed E-state index contributed by atoms with van der Waals surface area (Å²) in [6, 6.07) is 6.22. The minimum absolute atomic E-state index is 0.131. The van der Waals surface area contributed by atoms with Crippen molar-refractivity contribution in [2.75, 3.05) is 5.32 Å². The lowest BCUT2D eigenvalue weighted by molar-refractivity contribution is 0.0697. The van der Waals surface area contributed by atoms with Gasteiger partial charge >= 0.3 is 5.97 Å². The Kier molecular flexibility index (Phi) is 4.46. The second kappa shape index (κ2) is 6.54. The van der Waals surface area contributed by atoms with Crippen LogP contribution in [0.25, 0.3) is 10.6 Å². The van der Waals surface area contributed by atoms with Crippen LogP contribution in [-0.2, 0) is 0 Å². The number of benzene rings is 1. The van der Waals surface area contributed by atoms with Crippen LogP contribution < -0.4 is 5.32 Å². The molecule has 6 nitrogen and oxygen atoms in total. The Labute approximate surface area is 147 Å². The molecule has 0 radical (unpaired) electrons. The number of aryl methyl sites for hydroxylation is 2. The first-order valence-electron chi connectivity index (χ1n) is 7.01. The predicted molar refractivity (Wildman–Crippen MR) is 94.3 cm³/mol. The first-order valence-corrected chi connectivity index (χ1v) is 8.21. The average molecular weight is 361 g/mol. The van der Waals surface area contributed by atoms with E-state index in [-0.39, 0.29) is 5.56 Å². The van der Waals surface area contributed by atoms with Crippen LogP contribution in [0.15, 0.2) is 30.5 Å². The monoisotopic (exact) mass is 360 g/mol. The Hall–Kier alpha value is -2.51. The summed E-state index contributed by atoms with van der Waals surface area (Å²) in [4.78, 5) is 25.1. The molecule has 0 saturated carbocycles. The highest BCUT2D eigenvalue weighted by atomic mass is 35.5. The van der Waals surface area contributed by atoms with E-state index < -0.39 is 5.97 Å². The Morgan fingerprint density at radius 3 is 2.71 bits per heavy atom. The van der Waals surface area contributed by atoms with Crippen LogP contribution in [0.5, 0.6) is 0 Å². The Morgan fingerprint density at radius 1 is 1.25 bits per heavy atom. The summed E-state index contributed by atoms with van der Waals surface area (Å²) in [7, 11) is 0. The van der Waals surface area contributed by atoms with E-state index in [1.807, 2.05) is 13.8 Å². The fourth-order valence-electron chi connectivity index (χ4n) is 2.19.